The summed E-state index contributed by atoms with van der Waals surface area (Å²) in [6.07, 6.45) is 0. The minimum atomic E-state index is -0.305. The molecule has 0 spiro atoms. The third-order valence-electron chi connectivity index (χ3n) is 2.92. The number of amides is 1. The van der Waals surface area contributed by atoms with Gasteiger partial charge in [-0.3, -0.25) is 4.79 Å². The van der Waals surface area contributed by atoms with Gasteiger partial charge in [-0.25, -0.2) is 0 Å². The molecular weight excluding hydrogens is 337 g/mol. The second kappa shape index (κ2) is 6.76. The van der Waals surface area contributed by atoms with Crippen molar-refractivity contribution in [1.82, 2.24) is 20.2 Å². The highest BCUT2D eigenvalue weighted by Crippen LogP contribution is 2.22. The second-order valence-corrected chi connectivity index (χ2v) is 5.59. The van der Waals surface area contributed by atoms with Crippen molar-refractivity contribution in [3.05, 3.63) is 58.6 Å². The van der Waals surface area contributed by atoms with Gasteiger partial charge in [0.25, 0.3) is 0 Å². The topological polar surface area (TPSA) is 72.7 Å². The minimum absolute atomic E-state index is 0.0655. The van der Waals surface area contributed by atoms with Gasteiger partial charge >= 0.3 is 0 Å². The summed E-state index contributed by atoms with van der Waals surface area (Å²) >= 11 is 11.8. The molecule has 3 rings (SSSR count). The first-order valence-corrected chi connectivity index (χ1v) is 7.45. The van der Waals surface area contributed by atoms with E-state index in [9.17, 15) is 4.79 Å². The van der Waals surface area contributed by atoms with Crippen LogP contribution in [0.3, 0.4) is 0 Å². The summed E-state index contributed by atoms with van der Waals surface area (Å²) in [7, 11) is 0. The fourth-order valence-electron chi connectivity index (χ4n) is 1.97. The second-order valence-electron chi connectivity index (χ2n) is 4.72. The Balaban J connectivity index is 1.68. The Kier molecular flexibility index (Phi) is 4.55. The predicted molar refractivity (Wildman–Crippen MR) is 88.3 cm³/mol. The maximum absolute atomic E-state index is 12.0. The lowest BCUT2D eigenvalue weighted by atomic mass is 10.2. The molecular formula is C15H11Cl2N5O. The van der Waals surface area contributed by atoms with Gasteiger partial charge in [-0.05, 0) is 23.4 Å². The number of aromatic nitrogens is 4. The summed E-state index contributed by atoms with van der Waals surface area (Å²) in [6.45, 7) is -0.0655. The lowest BCUT2D eigenvalue weighted by Gasteiger charge is -2.05. The van der Waals surface area contributed by atoms with Crippen molar-refractivity contribution < 1.29 is 4.79 Å². The lowest BCUT2D eigenvalue weighted by Crippen LogP contribution is -2.20. The zero-order valence-corrected chi connectivity index (χ0v) is 13.3. The number of anilines is 1. The van der Waals surface area contributed by atoms with Crippen LogP contribution in [-0.4, -0.2) is 26.1 Å². The van der Waals surface area contributed by atoms with Crippen LogP contribution in [-0.2, 0) is 11.3 Å². The summed E-state index contributed by atoms with van der Waals surface area (Å²) in [5, 5.41) is 15.6. The number of nitrogens with zero attached hydrogens (tertiary/aromatic N) is 4. The molecule has 0 unspecified atom stereocenters. The number of carbonyl (C=O) groups is 1. The van der Waals surface area contributed by atoms with Crippen LogP contribution < -0.4 is 5.32 Å². The number of rotatable bonds is 4. The van der Waals surface area contributed by atoms with Crippen LogP contribution in [0.1, 0.15) is 0 Å². The smallest absolute Gasteiger partial charge is 0.248 e. The Morgan fingerprint density at radius 2 is 1.78 bits per heavy atom. The predicted octanol–water partition coefficient (Wildman–Crippen LogP) is 3.29. The Bertz CT molecular complexity index is 815. The normalized spacial score (nSPS) is 10.5. The van der Waals surface area contributed by atoms with E-state index in [1.165, 1.54) is 4.80 Å². The fourth-order valence-corrected chi connectivity index (χ4v) is 2.49. The fraction of sp³-hybridized carbons (Fsp3) is 0.0667. The van der Waals surface area contributed by atoms with Gasteiger partial charge in [0.05, 0.1) is 0 Å². The Hall–Kier alpha value is -2.44. The molecule has 0 atom stereocenters. The molecule has 0 radical (unpaired) electrons. The molecule has 3 aromatic rings. The van der Waals surface area contributed by atoms with Crippen LogP contribution in [0.25, 0.3) is 11.4 Å². The molecule has 8 heteroatoms. The maximum atomic E-state index is 12.0. The Labute approximate surface area is 142 Å². The third kappa shape index (κ3) is 4.06. The van der Waals surface area contributed by atoms with Crippen LogP contribution >= 0.6 is 23.2 Å². The number of benzene rings is 2. The van der Waals surface area contributed by atoms with Gasteiger partial charge in [0.1, 0.15) is 6.54 Å². The molecule has 2 aromatic carbocycles. The van der Waals surface area contributed by atoms with Crippen LogP contribution in [0.15, 0.2) is 48.5 Å². The average Bonchev–Trinajstić information content (AvgIpc) is 2.95. The van der Waals surface area contributed by atoms with E-state index in [0.29, 0.717) is 21.6 Å². The highest BCUT2D eigenvalue weighted by Gasteiger charge is 2.10. The van der Waals surface area contributed by atoms with Gasteiger partial charge in [0.2, 0.25) is 11.7 Å². The summed E-state index contributed by atoms with van der Waals surface area (Å²) in [5.41, 5.74) is 1.34. The molecule has 0 saturated heterocycles. The molecule has 0 aliphatic rings. The summed E-state index contributed by atoms with van der Waals surface area (Å²) in [6, 6.07) is 14.2. The Morgan fingerprint density at radius 1 is 1.09 bits per heavy atom. The number of halogens is 2. The first kappa shape index (κ1) is 15.5. The van der Waals surface area contributed by atoms with Crippen LogP contribution in [0.2, 0.25) is 10.0 Å². The largest absolute Gasteiger partial charge is 0.324 e. The van der Waals surface area contributed by atoms with Crippen LogP contribution in [0.5, 0.6) is 0 Å². The van der Waals surface area contributed by atoms with Crippen molar-refractivity contribution in [2.45, 2.75) is 6.54 Å². The van der Waals surface area contributed by atoms with E-state index in [1.807, 2.05) is 30.3 Å². The SMILES string of the molecule is O=C(Cn1nnc(-c2ccccc2)n1)Nc1cc(Cl)cc(Cl)c1. The summed E-state index contributed by atoms with van der Waals surface area (Å²) < 4.78 is 0. The number of tetrazole rings is 1. The highest BCUT2D eigenvalue weighted by molar-refractivity contribution is 6.35. The van der Waals surface area contributed by atoms with E-state index in [4.69, 9.17) is 23.2 Å². The molecule has 0 aliphatic heterocycles. The van der Waals surface area contributed by atoms with Gasteiger partial charge in [-0.15, -0.1) is 10.2 Å². The molecule has 0 saturated carbocycles. The summed E-state index contributed by atoms with van der Waals surface area (Å²) in [4.78, 5) is 13.3. The molecule has 116 valence electrons. The number of carbonyl (C=O) groups excluding carboxylic acids is 1. The first-order valence-electron chi connectivity index (χ1n) is 6.69. The highest BCUT2D eigenvalue weighted by atomic mass is 35.5. The molecule has 0 aliphatic carbocycles. The van der Waals surface area contributed by atoms with Crippen LogP contribution in [0.4, 0.5) is 5.69 Å². The molecule has 1 amide bonds. The maximum Gasteiger partial charge on any atom is 0.248 e. The van der Waals surface area contributed by atoms with Crippen molar-refractivity contribution in [2.75, 3.05) is 5.32 Å². The standard InChI is InChI=1S/C15H11Cl2N5O/c16-11-6-12(17)8-13(7-11)18-14(23)9-22-20-15(19-21-22)10-4-2-1-3-5-10/h1-8H,9H2,(H,18,23). The number of hydrogen-bond acceptors (Lipinski definition) is 4. The quantitative estimate of drug-likeness (QED) is 0.785. The zero-order chi connectivity index (χ0) is 16.2. The number of hydrogen-bond donors (Lipinski definition) is 1. The van der Waals surface area contributed by atoms with Crippen LogP contribution in [0, 0.1) is 0 Å². The van der Waals surface area contributed by atoms with Crippen molar-refractivity contribution in [2.24, 2.45) is 0 Å². The van der Waals surface area contributed by atoms with E-state index >= 15 is 0 Å². The molecule has 0 bridgehead atoms. The number of nitrogens with one attached hydrogen (secondary N) is 1. The van der Waals surface area contributed by atoms with Gasteiger partial charge in [0.15, 0.2) is 0 Å². The molecule has 23 heavy (non-hydrogen) atoms. The van der Waals surface area contributed by atoms with Gasteiger partial charge in [0, 0.05) is 21.3 Å². The van der Waals surface area contributed by atoms with E-state index in [-0.39, 0.29) is 12.5 Å². The van der Waals surface area contributed by atoms with E-state index in [0.717, 1.165) is 5.56 Å². The van der Waals surface area contributed by atoms with E-state index < -0.39 is 0 Å². The Morgan fingerprint density at radius 3 is 2.48 bits per heavy atom. The zero-order valence-electron chi connectivity index (χ0n) is 11.8. The van der Waals surface area contributed by atoms with E-state index in [2.05, 4.69) is 20.7 Å². The van der Waals surface area contributed by atoms with Gasteiger partial charge in [-0.1, -0.05) is 53.5 Å². The van der Waals surface area contributed by atoms with Crippen molar-refractivity contribution in [3.63, 3.8) is 0 Å². The third-order valence-corrected chi connectivity index (χ3v) is 3.35. The average molecular weight is 348 g/mol. The van der Waals surface area contributed by atoms with Gasteiger partial charge in [-0.2, -0.15) is 4.80 Å². The molecule has 6 nitrogen and oxygen atoms in total. The minimum Gasteiger partial charge on any atom is -0.324 e. The monoisotopic (exact) mass is 347 g/mol. The molecule has 0 fully saturated rings. The van der Waals surface area contributed by atoms with Crippen molar-refractivity contribution >= 4 is 34.8 Å². The molecule has 1 N–H and O–H groups in total. The van der Waals surface area contributed by atoms with Crippen molar-refractivity contribution in [3.8, 4) is 11.4 Å². The van der Waals surface area contributed by atoms with Crippen molar-refractivity contribution in [1.29, 1.82) is 0 Å². The molecule has 1 aromatic heterocycles. The lowest BCUT2D eigenvalue weighted by molar-refractivity contribution is -0.117. The molecule has 1 heterocycles. The van der Waals surface area contributed by atoms with E-state index in [1.54, 1.807) is 18.2 Å². The first-order chi connectivity index (χ1) is 11.1. The summed E-state index contributed by atoms with van der Waals surface area (Å²) in [5.74, 6) is 0.157. The van der Waals surface area contributed by atoms with Gasteiger partial charge < -0.3 is 5.32 Å².